The van der Waals surface area contributed by atoms with Gasteiger partial charge in [0.15, 0.2) is 0 Å². The van der Waals surface area contributed by atoms with Crippen molar-refractivity contribution in [3.05, 3.63) is 64.7 Å². The number of nitrogens with zero attached hydrogens (tertiary/aromatic N) is 2. The van der Waals surface area contributed by atoms with Gasteiger partial charge in [0.05, 0.1) is 0 Å². The van der Waals surface area contributed by atoms with E-state index in [2.05, 4.69) is 27.8 Å². The van der Waals surface area contributed by atoms with E-state index in [0.717, 1.165) is 24.0 Å². The summed E-state index contributed by atoms with van der Waals surface area (Å²) < 4.78 is 0. The van der Waals surface area contributed by atoms with Gasteiger partial charge < -0.3 is 5.32 Å². The molecule has 0 bridgehead atoms. The van der Waals surface area contributed by atoms with Crippen LogP contribution in [-0.2, 0) is 11.2 Å². The normalized spacial score (nSPS) is 12.8. The van der Waals surface area contributed by atoms with Gasteiger partial charge in [-0.05, 0) is 42.2 Å². The van der Waals surface area contributed by atoms with Crippen molar-refractivity contribution in [1.82, 2.24) is 15.5 Å². The first-order valence-corrected chi connectivity index (χ1v) is 11.4. The molecule has 2 unspecified atom stereocenters. The van der Waals surface area contributed by atoms with Crippen LogP contribution in [-0.4, -0.2) is 28.1 Å². The summed E-state index contributed by atoms with van der Waals surface area (Å²) in [5, 5.41) is 15.5. The highest BCUT2D eigenvalue weighted by Crippen LogP contribution is 2.28. The summed E-state index contributed by atoms with van der Waals surface area (Å²) in [4.78, 5) is 25.7. The minimum absolute atomic E-state index is 0.0563. The fraction of sp³-hybridized carbons (Fsp3) is 0.304. The van der Waals surface area contributed by atoms with Crippen molar-refractivity contribution in [3.63, 3.8) is 0 Å². The molecule has 0 aliphatic carbocycles. The second kappa shape index (κ2) is 10.5. The number of hydrogen-bond donors (Lipinski definition) is 2. The SMILES string of the molecule is CCc1ccc(C(=O)NC(C(=O)Nc2nnc(-c3cccc(Cl)c3)s2)C(C)CC)cc1. The van der Waals surface area contributed by atoms with Gasteiger partial charge >= 0.3 is 0 Å². The molecule has 0 radical (unpaired) electrons. The number of aromatic nitrogens is 2. The zero-order valence-electron chi connectivity index (χ0n) is 17.7. The number of anilines is 1. The molecule has 0 aliphatic heterocycles. The van der Waals surface area contributed by atoms with Crippen molar-refractivity contribution in [2.45, 2.75) is 39.7 Å². The van der Waals surface area contributed by atoms with Gasteiger partial charge in [-0.2, -0.15) is 0 Å². The molecule has 31 heavy (non-hydrogen) atoms. The summed E-state index contributed by atoms with van der Waals surface area (Å²) in [6, 6.07) is 14.0. The molecular formula is C23H25ClN4O2S. The third kappa shape index (κ3) is 5.89. The lowest BCUT2D eigenvalue weighted by Crippen LogP contribution is -2.47. The van der Waals surface area contributed by atoms with Crippen molar-refractivity contribution in [2.24, 2.45) is 5.92 Å². The van der Waals surface area contributed by atoms with Gasteiger partial charge in [0.25, 0.3) is 5.91 Å². The van der Waals surface area contributed by atoms with Crippen molar-refractivity contribution >= 4 is 39.9 Å². The Labute approximate surface area is 191 Å². The smallest absolute Gasteiger partial charge is 0.251 e. The van der Waals surface area contributed by atoms with Crippen LogP contribution < -0.4 is 10.6 Å². The summed E-state index contributed by atoms with van der Waals surface area (Å²) in [6.07, 6.45) is 1.63. The Morgan fingerprint density at radius 3 is 2.48 bits per heavy atom. The molecule has 3 aromatic rings. The van der Waals surface area contributed by atoms with E-state index in [1.54, 1.807) is 24.3 Å². The Kier molecular flexibility index (Phi) is 7.76. The van der Waals surface area contributed by atoms with Crippen molar-refractivity contribution in [3.8, 4) is 10.6 Å². The maximum atomic E-state index is 13.0. The first-order chi connectivity index (χ1) is 14.9. The second-order valence-electron chi connectivity index (χ2n) is 7.30. The number of aryl methyl sites for hydroxylation is 1. The highest BCUT2D eigenvalue weighted by molar-refractivity contribution is 7.18. The molecule has 0 saturated carbocycles. The number of rotatable bonds is 8. The van der Waals surface area contributed by atoms with Crippen LogP contribution in [0.5, 0.6) is 0 Å². The van der Waals surface area contributed by atoms with E-state index >= 15 is 0 Å². The summed E-state index contributed by atoms with van der Waals surface area (Å²) >= 11 is 7.29. The van der Waals surface area contributed by atoms with Crippen molar-refractivity contribution in [1.29, 1.82) is 0 Å². The zero-order valence-corrected chi connectivity index (χ0v) is 19.3. The average Bonchev–Trinajstić information content (AvgIpc) is 3.25. The number of benzene rings is 2. The molecule has 0 saturated heterocycles. The number of amides is 2. The predicted molar refractivity (Wildman–Crippen MR) is 126 cm³/mol. The first-order valence-electron chi connectivity index (χ1n) is 10.2. The van der Waals surface area contributed by atoms with Gasteiger partial charge in [-0.15, -0.1) is 10.2 Å². The Balaban J connectivity index is 1.72. The van der Waals surface area contributed by atoms with Crippen LogP contribution in [0, 0.1) is 5.92 Å². The first kappa shape index (κ1) is 22.9. The van der Waals surface area contributed by atoms with Gasteiger partial charge in [-0.25, -0.2) is 0 Å². The molecule has 162 valence electrons. The maximum Gasteiger partial charge on any atom is 0.251 e. The second-order valence-corrected chi connectivity index (χ2v) is 8.71. The number of nitrogens with one attached hydrogen (secondary N) is 2. The molecule has 2 amide bonds. The van der Waals surface area contributed by atoms with Gasteiger partial charge in [-0.1, -0.05) is 74.4 Å². The molecular weight excluding hydrogens is 432 g/mol. The lowest BCUT2D eigenvalue weighted by molar-refractivity contribution is -0.119. The average molecular weight is 457 g/mol. The lowest BCUT2D eigenvalue weighted by atomic mass is 9.98. The molecule has 2 aromatic carbocycles. The van der Waals surface area contributed by atoms with E-state index in [9.17, 15) is 9.59 Å². The number of carbonyl (C=O) groups is 2. The minimum atomic E-state index is -0.693. The van der Waals surface area contributed by atoms with E-state index in [1.165, 1.54) is 11.3 Å². The molecule has 0 spiro atoms. The van der Waals surface area contributed by atoms with E-state index in [0.29, 0.717) is 20.7 Å². The minimum Gasteiger partial charge on any atom is -0.340 e. The van der Waals surface area contributed by atoms with Crippen LogP contribution in [0.3, 0.4) is 0 Å². The Morgan fingerprint density at radius 2 is 1.84 bits per heavy atom. The number of hydrogen-bond acceptors (Lipinski definition) is 5. The summed E-state index contributed by atoms with van der Waals surface area (Å²) in [5.74, 6) is -0.652. The van der Waals surface area contributed by atoms with Gasteiger partial charge in [0, 0.05) is 16.1 Å². The van der Waals surface area contributed by atoms with Crippen LogP contribution in [0.25, 0.3) is 10.6 Å². The summed E-state index contributed by atoms with van der Waals surface area (Å²) in [6.45, 7) is 5.97. The summed E-state index contributed by atoms with van der Waals surface area (Å²) in [5.41, 5.74) is 2.50. The Hall–Kier alpha value is -2.77. The molecule has 0 aliphatic rings. The van der Waals surface area contributed by atoms with E-state index < -0.39 is 6.04 Å². The number of carbonyl (C=O) groups excluding carboxylic acids is 2. The van der Waals surface area contributed by atoms with Crippen LogP contribution in [0.1, 0.15) is 43.1 Å². The van der Waals surface area contributed by atoms with Crippen LogP contribution in [0.2, 0.25) is 5.02 Å². The largest absolute Gasteiger partial charge is 0.340 e. The molecule has 8 heteroatoms. The lowest BCUT2D eigenvalue weighted by Gasteiger charge is -2.23. The fourth-order valence-corrected chi connectivity index (χ4v) is 3.95. The molecule has 6 nitrogen and oxygen atoms in total. The molecule has 1 heterocycles. The van der Waals surface area contributed by atoms with E-state index in [1.807, 2.05) is 38.1 Å². The number of halogens is 1. The molecule has 0 fully saturated rings. The predicted octanol–water partition coefficient (Wildman–Crippen LogP) is 5.20. The maximum absolute atomic E-state index is 13.0. The molecule has 2 N–H and O–H groups in total. The fourth-order valence-electron chi connectivity index (χ4n) is 3.01. The Bertz CT molecular complexity index is 1050. The van der Waals surface area contributed by atoms with Crippen LogP contribution in [0.15, 0.2) is 48.5 Å². The monoisotopic (exact) mass is 456 g/mol. The standard InChI is InChI=1S/C23H25ClN4O2S/c1-4-14(3)19(25-20(29)16-11-9-15(5-2)10-12-16)21(30)26-23-28-27-22(31-23)17-7-6-8-18(24)13-17/h6-14,19H,4-5H2,1-3H3,(H,25,29)(H,26,28,30). The third-order valence-corrected chi connectivity index (χ3v) is 6.26. The molecule has 3 rings (SSSR count). The van der Waals surface area contributed by atoms with E-state index in [-0.39, 0.29) is 17.7 Å². The summed E-state index contributed by atoms with van der Waals surface area (Å²) in [7, 11) is 0. The van der Waals surface area contributed by atoms with Crippen LogP contribution >= 0.6 is 22.9 Å². The topological polar surface area (TPSA) is 84.0 Å². The van der Waals surface area contributed by atoms with Crippen LogP contribution in [0.4, 0.5) is 5.13 Å². The molecule has 2 atom stereocenters. The van der Waals surface area contributed by atoms with Gasteiger partial charge in [-0.3, -0.25) is 14.9 Å². The third-order valence-electron chi connectivity index (χ3n) is 5.13. The highest BCUT2D eigenvalue weighted by atomic mass is 35.5. The van der Waals surface area contributed by atoms with Gasteiger partial charge in [0.2, 0.25) is 11.0 Å². The van der Waals surface area contributed by atoms with Crippen molar-refractivity contribution < 1.29 is 9.59 Å². The Morgan fingerprint density at radius 1 is 1.10 bits per heavy atom. The van der Waals surface area contributed by atoms with Gasteiger partial charge in [0.1, 0.15) is 11.0 Å². The van der Waals surface area contributed by atoms with Crippen molar-refractivity contribution in [2.75, 3.05) is 5.32 Å². The van der Waals surface area contributed by atoms with E-state index in [4.69, 9.17) is 11.6 Å². The molecule has 1 aromatic heterocycles. The quantitative estimate of drug-likeness (QED) is 0.487. The zero-order chi connectivity index (χ0) is 22.4. The highest BCUT2D eigenvalue weighted by Gasteiger charge is 2.27.